The number of para-hydroxylation sites is 1. The molecule has 0 saturated carbocycles. The maximum absolute atomic E-state index is 5.50. The van der Waals surface area contributed by atoms with E-state index < -0.39 is 0 Å². The third kappa shape index (κ3) is 3.19. The van der Waals surface area contributed by atoms with Gasteiger partial charge in [-0.25, -0.2) is 4.98 Å². The predicted octanol–water partition coefficient (Wildman–Crippen LogP) is 3.86. The van der Waals surface area contributed by atoms with E-state index in [4.69, 9.17) is 9.72 Å². The van der Waals surface area contributed by atoms with Crippen molar-refractivity contribution < 1.29 is 4.74 Å². The van der Waals surface area contributed by atoms with E-state index in [1.165, 1.54) is 4.88 Å². The Morgan fingerprint density at radius 3 is 2.65 bits per heavy atom. The van der Waals surface area contributed by atoms with Crippen molar-refractivity contribution in [2.45, 2.75) is 33.2 Å². The zero-order valence-electron chi connectivity index (χ0n) is 12.6. The number of nitrogens with zero attached hydrogens (tertiary/aromatic N) is 1. The summed E-state index contributed by atoms with van der Waals surface area (Å²) in [6.45, 7) is 7.31. The molecule has 0 saturated heterocycles. The maximum atomic E-state index is 5.50. The van der Waals surface area contributed by atoms with Crippen molar-refractivity contribution in [3.05, 3.63) is 45.4 Å². The van der Waals surface area contributed by atoms with Gasteiger partial charge < -0.3 is 10.1 Å². The largest absolute Gasteiger partial charge is 0.496 e. The van der Waals surface area contributed by atoms with Crippen molar-refractivity contribution in [2.75, 3.05) is 13.7 Å². The quantitative estimate of drug-likeness (QED) is 0.877. The lowest BCUT2D eigenvalue weighted by atomic mass is 10.1. The lowest BCUT2D eigenvalue weighted by Crippen LogP contribution is -2.23. The Bertz CT molecular complexity index is 546. The first-order chi connectivity index (χ1) is 9.67. The summed E-state index contributed by atoms with van der Waals surface area (Å²) in [6, 6.07) is 8.26. The monoisotopic (exact) mass is 290 g/mol. The molecule has 2 aromatic rings. The average molecular weight is 290 g/mol. The van der Waals surface area contributed by atoms with Gasteiger partial charge in [-0.2, -0.15) is 0 Å². The molecule has 0 spiro atoms. The molecule has 1 aromatic carbocycles. The van der Waals surface area contributed by atoms with E-state index in [0.29, 0.717) is 0 Å². The molecular weight excluding hydrogens is 268 g/mol. The second-order valence-corrected chi connectivity index (χ2v) is 6.06. The fourth-order valence-corrected chi connectivity index (χ4v) is 3.16. The Hall–Kier alpha value is -1.39. The van der Waals surface area contributed by atoms with Gasteiger partial charge in [0.05, 0.1) is 18.8 Å². The van der Waals surface area contributed by atoms with Crippen LogP contribution < -0.4 is 10.1 Å². The molecule has 0 radical (unpaired) electrons. The number of aryl methyl sites for hydroxylation is 2. The predicted molar refractivity (Wildman–Crippen MR) is 84.7 cm³/mol. The van der Waals surface area contributed by atoms with Crippen LogP contribution >= 0.6 is 11.3 Å². The fraction of sp³-hybridized carbons (Fsp3) is 0.438. The number of methoxy groups -OCH3 is 1. The number of hydrogen-bond acceptors (Lipinski definition) is 4. The van der Waals surface area contributed by atoms with Crippen molar-refractivity contribution in [3.8, 4) is 5.75 Å². The highest BCUT2D eigenvalue weighted by atomic mass is 32.1. The van der Waals surface area contributed by atoms with Crippen LogP contribution in [0, 0.1) is 13.8 Å². The van der Waals surface area contributed by atoms with E-state index in [0.717, 1.165) is 35.0 Å². The number of nitrogens with one attached hydrogen (secondary N) is 1. The second kappa shape index (κ2) is 6.86. The molecule has 20 heavy (non-hydrogen) atoms. The SMILES string of the molecule is CCCNC(c1nc(C)c(C)s1)c1ccccc1OC. The van der Waals surface area contributed by atoms with Crippen molar-refractivity contribution in [3.63, 3.8) is 0 Å². The van der Waals surface area contributed by atoms with Crippen molar-refractivity contribution in [2.24, 2.45) is 0 Å². The first kappa shape index (κ1) is 15.0. The van der Waals surface area contributed by atoms with Crippen LogP contribution in [0.2, 0.25) is 0 Å². The van der Waals surface area contributed by atoms with E-state index in [2.05, 4.69) is 32.2 Å². The van der Waals surface area contributed by atoms with Gasteiger partial charge in [-0.05, 0) is 32.9 Å². The van der Waals surface area contributed by atoms with Crippen molar-refractivity contribution in [1.82, 2.24) is 10.3 Å². The fourth-order valence-electron chi connectivity index (χ4n) is 2.14. The zero-order valence-corrected chi connectivity index (χ0v) is 13.4. The topological polar surface area (TPSA) is 34.2 Å². The molecule has 4 heteroatoms. The van der Waals surface area contributed by atoms with Gasteiger partial charge in [-0.1, -0.05) is 25.1 Å². The Kier molecular flexibility index (Phi) is 5.15. The van der Waals surface area contributed by atoms with E-state index in [1.54, 1.807) is 18.4 Å². The number of ether oxygens (including phenoxy) is 1. The highest BCUT2D eigenvalue weighted by Gasteiger charge is 2.21. The third-order valence-electron chi connectivity index (χ3n) is 3.34. The van der Waals surface area contributed by atoms with Crippen LogP contribution in [-0.4, -0.2) is 18.6 Å². The molecule has 1 N–H and O–H groups in total. The molecule has 1 aromatic heterocycles. The maximum Gasteiger partial charge on any atom is 0.124 e. The molecule has 0 amide bonds. The number of aromatic nitrogens is 1. The molecule has 0 fully saturated rings. The minimum absolute atomic E-state index is 0.100. The van der Waals surface area contributed by atoms with Gasteiger partial charge in [0.25, 0.3) is 0 Å². The minimum atomic E-state index is 0.100. The summed E-state index contributed by atoms with van der Waals surface area (Å²) in [5.41, 5.74) is 2.26. The van der Waals surface area contributed by atoms with Crippen LogP contribution in [0.5, 0.6) is 5.75 Å². The Morgan fingerprint density at radius 2 is 2.05 bits per heavy atom. The van der Waals surface area contributed by atoms with Crippen LogP contribution in [0.1, 0.15) is 40.5 Å². The van der Waals surface area contributed by atoms with Gasteiger partial charge in [0.2, 0.25) is 0 Å². The van der Waals surface area contributed by atoms with E-state index in [1.807, 2.05) is 18.2 Å². The van der Waals surface area contributed by atoms with Crippen LogP contribution in [0.4, 0.5) is 0 Å². The lowest BCUT2D eigenvalue weighted by Gasteiger charge is -2.19. The third-order valence-corrected chi connectivity index (χ3v) is 4.48. The smallest absolute Gasteiger partial charge is 0.124 e. The molecule has 1 heterocycles. The minimum Gasteiger partial charge on any atom is -0.496 e. The molecule has 108 valence electrons. The van der Waals surface area contributed by atoms with Gasteiger partial charge in [0.15, 0.2) is 0 Å². The lowest BCUT2D eigenvalue weighted by molar-refractivity contribution is 0.403. The normalized spacial score (nSPS) is 12.4. The van der Waals surface area contributed by atoms with Crippen LogP contribution in [0.15, 0.2) is 24.3 Å². The van der Waals surface area contributed by atoms with Crippen LogP contribution in [-0.2, 0) is 0 Å². The first-order valence-corrected chi connectivity index (χ1v) is 7.79. The van der Waals surface area contributed by atoms with Gasteiger partial charge >= 0.3 is 0 Å². The molecule has 3 nitrogen and oxygen atoms in total. The summed E-state index contributed by atoms with van der Waals surface area (Å²) in [5.74, 6) is 0.909. The molecule has 1 unspecified atom stereocenters. The summed E-state index contributed by atoms with van der Waals surface area (Å²) in [6.07, 6.45) is 1.09. The molecular formula is C16H22N2OS. The van der Waals surface area contributed by atoms with E-state index >= 15 is 0 Å². The van der Waals surface area contributed by atoms with Gasteiger partial charge in [0.1, 0.15) is 10.8 Å². The highest BCUT2D eigenvalue weighted by Crippen LogP contribution is 2.32. The Balaban J connectivity index is 2.41. The zero-order chi connectivity index (χ0) is 14.5. The number of benzene rings is 1. The Labute approximate surface area is 125 Å². The second-order valence-electron chi connectivity index (χ2n) is 4.82. The van der Waals surface area contributed by atoms with Gasteiger partial charge in [0, 0.05) is 10.4 Å². The number of thiazole rings is 1. The standard InChI is InChI=1S/C16H22N2OS/c1-5-10-17-15(16-18-11(2)12(3)20-16)13-8-6-7-9-14(13)19-4/h6-9,15,17H,5,10H2,1-4H3. The molecule has 1 atom stereocenters. The number of hydrogen-bond donors (Lipinski definition) is 1. The summed E-state index contributed by atoms with van der Waals surface area (Å²) in [7, 11) is 1.72. The van der Waals surface area contributed by atoms with Crippen LogP contribution in [0.25, 0.3) is 0 Å². The van der Waals surface area contributed by atoms with Gasteiger partial charge in [-0.3, -0.25) is 0 Å². The first-order valence-electron chi connectivity index (χ1n) is 6.97. The highest BCUT2D eigenvalue weighted by molar-refractivity contribution is 7.11. The molecule has 0 aliphatic heterocycles. The number of rotatable bonds is 6. The average Bonchev–Trinajstić information content (AvgIpc) is 2.79. The molecule has 0 bridgehead atoms. The molecule has 0 aliphatic carbocycles. The molecule has 0 aliphatic rings. The van der Waals surface area contributed by atoms with Crippen molar-refractivity contribution >= 4 is 11.3 Å². The Morgan fingerprint density at radius 1 is 1.30 bits per heavy atom. The van der Waals surface area contributed by atoms with Gasteiger partial charge in [-0.15, -0.1) is 11.3 Å². The summed E-state index contributed by atoms with van der Waals surface area (Å²) in [4.78, 5) is 5.99. The molecule has 2 rings (SSSR count). The summed E-state index contributed by atoms with van der Waals surface area (Å²) < 4.78 is 5.50. The van der Waals surface area contributed by atoms with E-state index in [9.17, 15) is 0 Å². The van der Waals surface area contributed by atoms with Crippen molar-refractivity contribution in [1.29, 1.82) is 0 Å². The summed E-state index contributed by atoms with van der Waals surface area (Å²) in [5, 5.41) is 4.69. The summed E-state index contributed by atoms with van der Waals surface area (Å²) >= 11 is 1.76. The van der Waals surface area contributed by atoms with E-state index in [-0.39, 0.29) is 6.04 Å². The van der Waals surface area contributed by atoms with Crippen LogP contribution in [0.3, 0.4) is 0 Å².